The molecule has 43 heavy (non-hydrogen) atoms. The van der Waals surface area contributed by atoms with Crippen LogP contribution in [0.3, 0.4) is 0 Å². The Morgan fingerprint density at radius 3 is 2.09 bits per heavy atom. The molecule has 0 aliphatic carbocycles. The second kappa shape index (κ2) is 12.3. The van der Waals surface area contributed by atoms with Crippen molar-refractivity contribution in [2.45, 2.75) is 13.2 Å². The number of hydrogen-bond acceptors (Lipinski definition) is 5. The Balaban J connectivity index is 1.13. The topological polar surface area (TPSA) is 84.9 Å². The van der Waals surface area contributed by atoms with Crippen LogP contribution in [0.1, 0.15) is 16.7 Å². The monoisotopic (exact) mass is 632 g/mol. The number of barbiturate groups is 1. The molecule has 0 spiro atoms. The summed E-state index contributed by atoms with van der Waals surface area (Å²) in [6.45, 7) is 0.762. The molecule has 1 heterocycles. The van der Waals surface area contributed by atoms with Gasteiger partial charge in [-0.15, -0.1) is 0 Å². The molecule has 212 valence electrons. The normalized spacial score (nSPS) is 14.2. The van der Waals surface area contributed by atoms with Gasteiger partial charge in [0.15, 0.2) is 0 Å². The first-order valence-electron chi connectivity index (χ1n) is 13.5. The van der Waals surface area contributed by atoms with Crippen LogP contribution in [0.15, 0.2) is 125 Å². The molecule has 1 fully saturated rings. The number of hydrogen-bond donors (Lipinski definition) is 1. The zero-order valence-electron chi connectivity index (χ0n) is 22.8. The number of amides is 4. The standard InChI is InChI=1S/C35H25BrN2O5/c36-27-12-8-24(9-13-27)21-42-30-18-14-28(15-19-30)38-34(40)32(33(39)37-35(38)41)20-23-10-16-29(17-11-23)43-22-26-6-3-5-25-4-1-2-7-31(25)26/h1-20H,21-22H2,(H,37,39,41)/b32-20+. The molecule has 4 amide bonds. The number of anilines is 1. The minimum absolute atomic E-state index is 0.153. The van der Waals surface area contributed by atoms with Gasteiger partial charge in [0.05, 0.1) is 5.69 Å². The molecule has 1 aliphatic rings. The summed E-state index contributed by atoms with van der Waals surface area (Å²) >= 11 is 3.41. The quantitative estimate of drug-likeness (QED) is 0.142. The van der Waals surface area contributed by atoms with Gasteiger partial charge in [-0.25, -0.2) is 9.69 Å². The molecule has 0 atom stereocenters. The molecule has 0 unspecified atom stereocenters. The first-order valence-corrected chi connectivity index (χ1v) is 14.3. The highest BCUT2D eigenvalue weighted by Crippen LogP contribution is 2.26. The van der Waals surface area contributed by atoms with E-state index in [-0.39, 0.29) is 5.57 Å². The second-order valence-electron chi connectivity index (χ2n) is 9.86. The van der Waals surface area contributed by atoms with Gasteiger partial charge in [-0.2, -0.15) is 0 Å². The smallest absolute Gasteiger partial charge is 0.335 e. The maximum atomic E-state index is 13.3. The fourth-order valence-corrected chi connectivity index (χ4v) is 5.00. The average molecular weight is 633 g/mol. The lowest BCUT2D eigenvalue weighted by molar-refractivity contribution is -0.122. The number of ether oxygens (including phenoxy) is 2. The van der Waals surface area contributed by atoms with Crippen LogP contribution in [0, 0.1) is 0 Å². The van der Waals surface area contributed by atoms with E-state index in [1.54, 1.807) is 48.5 Å². The van der Waals surface area contributed by atoms with Gasteiger partial charge in [0.2, 0.25) is 0 Å². The third kappa shape index (κ3) is 6.34. The molecule has 1 saturated heterocycles. The summed E-state index contributed by atoms with van der Waals surface area (Å²) in [6, 6.07) is 34.8. The molecule has 6 rings (SSSR count). The fourth-order valence-electron chi connectivity index (χ4n) is 4.74. The van der Waals surface area contributed by atoms with E-state index < -0.39 is 17.8 Å². The SMILES string of the molecule is O=C1NC(=O)N(c2ccc(OCc3ccc(Br)cc3)cc2)C(=O)/C1=C/c1ccc(OCc2cccc3ccccc23)cc1. The Kier molecular flexibility index (Phi) is 8.02. The molecule has 8 heteroatoms. The highest BCUT2D eigenvalue weighted by atomic mass is 79.9. The van der Waals surface area contributed by atoms with E-state index in [1.807, 2.05) is 48.5 Å². The van der Waals surface area contributed by atoms with Crippen molar-refractivity contribution >= 4 is 56.3 Å². The van der Waals surface area contributed by atoms with Crippen LogP contribution in [0.5, 0.6) is 11.5 Å². The van der Waals surface area contributed by atoms with Crippen LogP contribution in [-0.2, 0) is 22.8 Å². The lowest BCUT2D eigenvalue weighted by atomic mass is 10.1. The Labute approximate surface area is 256 Å². The number of benzene rings is 5. The van der Waals surface area contributed by atoms with E-state index in [0.717, 1.165) is 31.3 Å². The molecule has 5 aromatic carbocycles. The average Bonchev–Trinajstić information content (AvgIpc) is 3.03. The summed E-state index contributed by atoms with van der Waals surface area (Å²) in [4.78, 5) is 39.5. The first kappa shape index (κ1) is 27.9. The van der Waals surface area contributed by atoms with Crippen molar-refractivity contribution in [2.75, 3.05) is 4.90 Å². The van der Waals surface area contributed by atoms with Gasteiger partial charge in [0.1, 0.15) is 30.3 Å². The second-order valence-corrected chi connectivity index (χ2v) is 10.8. The zero-order chi connectivity index (χ0) is 29.8. The molecule has 7 nitrogen and oxygen atoms in total. The summed E-state index contributed by atoms with van der Waals surface area (Å²) in [5.74, 6) is -0.245. The maximum absolute atomic E-state index is 13.3. The van der Waals surface area contributed by atoms with Crippen molar-refractivity contribution in [3.05, 3.63) is 142 Å². The van der Waals surface area contributed by atoms with Crippen LogP contribution < -0.4 is 19.7 Å². The third-order valence-electron chi connectivity index (χ3n) is 6.98. The molecular weight excluding hydrogens is 608 g/mol. The van der Waals surface area contributed by atoms with Gasteiger partial charge in [0.25, 0.3) is 11.8 Å². The predicted octanol–water partition coefficient (Wildman–Crippen LogP) is 7.43. The van der Waals surface area contributed by atoms with Gasteiger partial charge in [-0.3, -0.25) is 14.9 Å². The van der Waals surface area contributed by atoms with Crippen molar-refractivity contribution < 1.29 is 23.9 Å². The Hall–Kier alpha value is -5.21. The number of carbonyl (C=O) groups excluding carboxylic acids is 3. The van der Waals surface area contributed by atoms with Gasteiger partial charge in [0, 0.05) is 4.47 Å². The van der Waals surface area contributed by atoms with Crippen molar-refractivity contribution in [1.82, 2.24) is 5.32 Å². The van der Waals surface area contributed by atoms with Crippen molar-refractivity contribution in [2.24, 2.45) is 0 Å². The van der Waals surface area contributed by atoms with E-state index in [1.165, 1.54) is 6.08 Å². The molecule has 1 N–H and O–H groups in total. The van der Waals surface area contributed by atoms with Crippen molar-refractivity contribution in [3.63, 3.8) is 0 Å². The van der Waals surface area contributed by atoms with E-state index in [0.29, 0.717) is 36.0 Å². The number of urea groups is 1. The summed E-state index contributed by atoms with van der Waals surface area (Å²) in [6.07, 6.45) is 1.46. The van der Waals surface area contributed by atoms with E-state index >= 15 is 0 Å². The van der Waals surface area contributed by atoms with Gasteiger partial charge in [-0.1, -0.05) is 82.7 Å². The number of nitrogens with one attached hydrogen (secondary N) is 1. The molecule has 5 aromatic rings. The number of fused-ring (bicyclic) bond motifs is 1. The summed E-state index contributed by atoms with van der Waals surface area (Å²) < 4.78 is 12.8. The summed E-state index contributed by atoms with van der Waals surface area (Å²) in [5, 5.41) is 4.54. The van der Waals surface area contributed by atoms with Crippen LogP contribution in [0.4, 0.5) is 10.5 Å². The predicted molar refractivity (Wildman–Crippen MR) is 169 cm³/mol. The molecule has 0 saturated carbocycles. The highest BCUT2D eigenvalue weighted by molar-refractivity contribution is 9.10. The minimum Gasteiger partial charge on any atom is -0.489 e. The number of imide groups is 2. The number of halogens is 1. The lowest BCUT2D eigenvalue weighted by Gasteiger charge is -2.26. The Morgan fingerprint density at radius 2 is 1.35 bits per heavy atom. The lowest BCUT2D eigenvalue weighted by Crippen LogP contribution is -2.54. The molecule has 0 aromatic heterocycles. The molecule has 0 bridgehead atoms. The largest absolute Gasteiger partial charge is 0.489 e. The van der Waals surface area contributed by atoms with Crippen LogP contribution in [0.25, 0.3) is 16.8 Å². The van der Waals surface area contributed by atoms with Crippen LogP contribution in [-0.4, -0.2) is 17.8 Å². The maximum Gasteiger partial charge on any atom is 0.335 e. The molecule has 0 radical (unpaired) electrons. The number of nitrogens with zero attached hydrogens (tertiary/aromatic N) is 1. The van der Waals surface area contributed by atoms with Crippen LogP contribution in [0.2, 0.25) is 0 Å². The zero-order valence-corrected chi connectivity index (χ0v) is 24.4. The first-order chi connectivity index (χ1) is 20.9. The highest BCUT2D eigenvalue weighted by Gasteiger charge is 2.36. The molecule has 1 aliphatic heterocycles. The van der Waals surface area contributed by atoms with Crippen molar-refractivity contribution in [1.29, 1.82) is 0 Å². The number of rotatable bonds is 8. The third-order valence-corrected chi connectivity index (χ3v) is 7.51. The molecular formula is C35H25BrN2O5. The van der Waals surface area contributed by atoms with E-state index in [9.17, 15) is 14.4 Å². The Morgan fingerprint density at radius 1 is 0.698 bits per heavy atom. The van der Waals surface area contributed by atoms with Gasteiger partial charge >= 0.3 is 6.03 Å². The van der Waals surface area contributed by atoms with Gasteiger partial charge in [-0.05, 0) is 82.1 Å². The summed E-state index contributed by atoms with van der Waals surface area (Å²) in [5.41, 5.74) is 2.84. The minimum atomic E-state index is -0.812. The number of carbonyl (C=O) groups is 3. The van der Waals surface area contributed by atoms with Gasteiger partial charge < -0.3 is 9.47 Å². The fraction of sp³-hybridized carbons (Fsp3) is 0.0571. The summed E-state index contributed by atoms with van der Waals surface area (Å²) in [7, 11) is 0. The van der Waals surface area contributed by atoms with E-state index in [2.05, 4.69) is 39.4 Å². The van der Waals surface area contributed by atoms with Crippen LogP contribution >= 0.6 is 15.9 Å². The van der Waals surface area contributed by atoms with E-state index in [4.69, 9.17) is 9.47 Å². The van der Waals surface area contributed by atoms with Crippen molar-refractivity contribution in [3.8, 4) is 11.5 Å². The Bertz CT molecular complexity index is 1840.